The minimum absolute atomic E-state index is 0.0764. The van der Waals surface area contributed by atoms with Crippen molar-refractivity contribution in [2.45, 2.75) is 29.4 Å². The Kier molecular flexibility index (Phi) is 3.89. The van der Waals surface area contributed by atoms with E-state index in [1.165, 1.54) is 11.8 Å². The molecule has 1 aromatic rings. The Bertz CT molecular complexity index is 558. The largest absolute Gasteiger partial charge is 0.343 e. The standard InChI is InChI=1S/C14H15ClN2O2S/c15-9-3-4-11-10(7-9)16-14(19)12(20-11)8-13(18)17-5-1-2-6-17/h3-4,7,12H,1-2,5-6,8H2,(H,16,19)/t12-/m1/s1. The van der Waals surface area contributed by atoms with Gasteiger partial charge < -0.3 is 10.2 Å². The van der Waals surface area contributed by atoms with Gasteiger partial charge in [0.2, 0.25) is 11.8 Å². The van der Waals surface area contributed by atoms with Gasteiger partial charge in [-0.2, -0.15) is 0 Å². The fourth-order valence-corrected chi connectivity index (χ4v) is 3.77. The lowest BCUT2D eigenvalue weighted by atomic mass is 10.2. The summed E-state index contributed by atoms with van der Waals surface area (Å²) in [4.78, 5) is 27.0. The van der Waals surface area contributed by atoms with Gasteiger partial charge in [-0.1, -0.05) is 11.6 Å². The second-order valence-electron chi connectivity index (χ2n) is 5.03. The number of carbonyl (C=O) groups excluding carboxylic acids is 2. The third kappa shape index (κ3) is 2.79. The van der Waals surface area contributed by atoms with Gasteiger partial charge in [-0.15, -0.1) is 11.8 Å². The highest BCUT2D eigenvalue weighted by Gasteiger charge is 2.31. The summed E-state index contributed by atoms with van der Waals surface area (Å²) in [5.41, 5.74) is 0.734. The first kappa shape index (κ1) is 13.8. The molecule has 1 atom stereocenters. The van der Waals surface area contributed by atoms with Crippen LogP contribution in [0.3, 0.4) is 0 Å². The molecule has 1 saturated heterocycles. The molecule has 2 amide bonds. The molecule has 106 valence electrons. The molecule has 1 N–H and O–H groups in total. The van der Waals surface area contributed by atoms with Crippen molar-refractivity contribution >= 4 is 40.9 Å². The maximum absolute atomic E-state index is 12.1. The number of hydrogen-bond donors (Lipinski definition) is 1. The van der Waals surface area contributed by atoms with E-state index in [1.54, 1.807) is 12.1 Å². The second-order valence-corrected chi connectivity index (χ2v) is 6.71. The van der Waals surface area contributed by atoms with Crippen LogP contribution in [0, 0.1) is 0 Å². The molecule has 6 heteroatoms. The molecule has 0 bridgehead atoms. The normalized spacial score (nSPS) is 21.6. The minimum atomic E-state index is -0.350. The number of likely N-dealkylation sites (tertiary alicyclic amines) is 1. The van der Waals surface area contributed by atoms with E-state index in [2.05, 4.69) is 5.32 Å². The van der Waals surface area contributed by atoms with E-state index in [9.17, 15) is 9.59 Å². The number of thioether (sulfide) groups is 1. The van der Waals surface area contributed by atoms with Crippen molar-refractivity contribution in [3.63, 3.8) is 0 Å². The second kappa shape index (κ2) is 5.66. The molecule has 2 aliphatic rings. The molecule has 2 aliphatic heterocycles. The van der Waals surface area contributed by atoms with Crippen LogP contribution in [0.4, 0.5) is 5.69 Å². The first-order chi connectivity index (χ1) is 9.63. The Balaban J connectivity index is 1.70. The van der Waals surface area contributed by atoms with Crippen molar-refractivity contribution in [3.05, 3.63) is 23.2 Å². The number of amides is 2. The zero-order valence-electron chi connectivity index (χ0n) is 10.9. The van der Waals surface area contributed by atoms with E-state index < -0.39 is 0 Å². The molecule has 4 nitrogen and oxygen atoms in total. The number of fused-ring (bicyclic) bond motifs is 1. The molecule has 1 aromatic carbocycles. The number of anilines is 1. The van der Waals surface area contributed by atoms with Crippen LogP contribution in [0.1, 0.15) is 19.3 Å². The summed E-state index contributed by atoms with van der Waals surface area (Å²) in [5.74, 6) is -0.0372. The van der Waals surface area contributed by atoms with Gasteiger partial charge in [0, 0.05) is 29.4 Å². The van der Waals surface area contributed by atoms with Gasteiger partial charge in [0.05, 0.1) is 10.9 Å². The van der Waals surface area contributed by atoms with E-state index in [0.29, 0.717) is 5.02 Å². The number of carbonyl (C=O) groups is 2. The summed E-state index contributed by atoms with van der Waals surface area (Å²) >= 11 is 7.35. The molecule has 20 heavy (non-hydrogen) atoms. The van der Waals surface area contributed by atoms with Gasteiger partial charge in [-0.05, 0) is 31.0 Å². The summed E-state index contributed by atoms with van der Waals surface area (Å²) < 4.78 is 0. The van der Waals surface area contributed by atoms with Crippen LogP contribution >= 0.6 is 23.4 Å². The van der Waals surface area contributed by atoms with Crippen molar-refractivity contribution in [2.75, 3.05) is 18.4 Å². The van der Waals surface area contributed by atoms with E-state index in [4.69, 9.17) is 11.6 Å². The van der Waals surface area contributed by atoms with E-state index in [0.717, 1.165) is 36.5 Å². The van der Waals surface area contributed by atoms with Gasteiger partial charge >= 0.3 is 0 Å². The summed E-state index contributed by atoms with van der Waals surface area (Å²) in [5, 5.41) is 3.08. The number of benzene rings is 1. The van der Waals surface area contributed by atoms with Crippen molar-refractivity contribution in [2.24, 2.45) is 0 Å². The zero-order chi connectivity index (χ0) is 14.1. The third-order valence-corrected chi connectivity index (χ3v) is 5.09. The Morgan fingerprint density at radius 3 is 2.90 bits per heavy atom. The van der Waals surface area contributed by atoms with E-state index >= 15 is 0 Å². The molecular formula is C14H15ClN2O2S. The van der Waals surface area contributed by atoms with Crippen molar-refractivity contribution in [1.29, 1.82) is 0 Å². The van der Waals surface area contributed by atoms with Gasteiger partial charge in [-0.25, -0.2) is 0 Å². The molecule has 0 radical (unpaired) electrons. The molecule has 3 rings (SSSR count). The Morgan fingerprint density at radius 1 is 1.40 bits per heavy atom. The van der Waals surface area contributed by atoms with Crippen LogP contribution in [0.15, 0.2) is 23.1 Å². The summed E-state index contributed by atoms with van der Waals surface area (Å²) in [6.07, 6.45) is 2.40. The topological polar surface area (TPSA) is 49.4 Å². The number of hydrogen-bond acceptors (Lipinski definition) is 3. The highest BCUT2D eigenvalue weighted by Crippen LogP contribution is 2.38. The van der Waals surface area contributed by atoms with Crippen LogP contribution in [0.5, 0.6) is 0 Å². The fraction of sp³-hybridized carbons (Fsp3) is 0.429. The zero-order valence-corrected chi connectivity index (χ0v) is 12.5. The lowest BCUT2D eigenvalue weighted by Crippen LogP contribution is -2.36. The number of rotatable bonds is 2. The lowest BCUT2D eigenvalue weighted by Gasteiger charge is -2.25. The monoisotopic (exact) mass is 310 g/mol. The SMILES string of the molecule is O=C1Nc2cc(Cl)ccc2S[C@@H]1CC(=O)N1CCCC1. The highest BCUT2D eigenvalue weighted by molar-refractivity contribution is 8.01. The molecule has 2 heterocycles. The number of halogens is 1. The molecule has 0 aromatic heterocycles. The van der Waals surface area contributed by atoms with Crippen molar-refractivity contribution in [1.82, 2.24) is 4.90 Å². The first-order valence-electron chi connectivity index (χ1n) is 6.68. The quantitative estimate of drug-likeness (QED) is 0.914. The minimum Gasteiger partial charge on any atom is -0.343 e. The number of nitrogens with one attached hydrogen (secondary N) is 1. The van der Waals surface area contributed by atoms with Gasteiger partial charge in [0.25, 0.3) is 0 Å². The lowest BCUT2D eigenvalue weighted by molar-refractivity contribution is -0.131. The summed E-state index contributed by atoms with van der Waals surface area (Å²) in [7, 11) is 0. The third-order valence-electron chi connectivity index (χ3n) is 3.58. The average molecular weight is 311 g/mol. The molecule has 0 spiro atoms. The van der Waals surface area contributed by atoms with Crippen molar-refractivity contribution in [3.8, 4) is 0 Å². The van der Waals surface area contributed by atoms with E-state index in [1.807, 2.05) is 11.0 Å². The molecular weight excluding hydrogens is 296 g/mol. The first-order valence-corrected chi connectivity index (χ1v) is 7.94. The van der Waals surface area contributed by atoms with Gasteiger partial charge in [0.15, 0.2) is 0 Å². The fourth-order valence-electron chi connectivity index (χ4n) is 2.51. The summed E-state index contributed by atoms with van der Waals surface area (Å²) in [6, 6.07) is 5.42. The van der Waals surface area contributed by atoms with Gasteiger partial charge in [0.1, 0.15) is 0 Å². The van der Waals surface area contributed by atoms with Crippen LogP contribution < -0.4 is 5.32 Å². The Hall–Kier alpha value is -1.20. The average Bonchev–Trinajstić information content (AvgIpc) is 2.94. The predicted octanol–water partition coefficient (Wildman–Crippen LogP) is 2.77. The van der Waals surface area contributed by atoms with Crippen molar-refractivity contribution < 1.29 is 9.59 Å². The molecule has 0 unspecified atom stereocenters. The number of nitrogens with zero attached hydrogens (tertiary/aromatic N) is 1. The van der Waals surface area contributed by atoms with Gasteiger partial charge in [-0.3, -0.25) is 9.59 Å². The van der Waals surface area contributed by atoms with Crippen LogP contribution in [-0.4, -0.2) is 35.1 Å². The van der Waals surface area contributed by atoms with E-state index in [-0.39, 0.29) is 23.5 Å². The highest BCUT2D eigenvalue weighted by atomic mass is 35.5. The van der Waals surface area contributed by atoms with Crippen LogP contribution in [0.2, 0.25) is 5.02 Å². The molecule has 1 fully saturated rings. The Morgan fingerprint density at radius 2 is 2.15 bits per heavy atom. The van der Waals surface area contributed by atoms with Crippen LogP contribution in [-0.2, 0) is 9.59 Å². The summed E-state index contributed by atoms with van der Waals surface area (Å²) in [6.45, 7) is 1.65. The molecule has 0 saturated carbocycles. The van der Waals surface area contributed by atoms with Crippen LogP contribution in [0.25, 0.3) is 0 Å². The predicted molar refractivity (Wildman–Crippen MR) is 80.2 cm³/mol. The maximum Gasteiger partial charge on any atom is 0.238 e. The Labute approximate surface area is 126 Å². The maximum atomic E-state index is 12.1. The smallest absolute Gasteiger partial charge is 0.238 e. The molecule has 0 aliphatic carbocycles.